The van der Waals surface area contributed by atoms with Crippen molar-refractivity contribution in [2.75, 3.05) is 20.8 Å². The molecule has 2 aromatic rings. The third-order valence-corrected chi connectivity index (χ3v) is 4.49. The van der Waals surface area contributed by atoms with E-state index in [0.717, 1.165) is 46.8 Å². The summed E-state index contributed by atoms with van der Waals surface area (Å²) in [6.45, 7) is 1.95. The molecule has 112 valence electrons. The van der Waals surface area contributed by atoms with Gasteiger partial charge in [-0.2, -0.15) is 0 Å². The summed E-state index contributed by atoms with van der Waals surface area (Å²) in [6.07, 6.45) is 2.74. The summed E-state index contributed by atoms with van der Waals surface area (Å²) in [5.41, 5.74) is 1.92. The first-order valence-corrected chi connectivity index (χ1v) is 8.05. The Labute approximate surface area is 129 Å². The molecule has 1 aromatic heterocycles. The molecule has 0 saturated heterocycles. The van der Waals surface area contributed by atoms with Gasteiger partial charge in [-0.05, 0) is 43.5 Å². The van der Waals surface area contributed by atoms with Crippen molar-refractivity contribution in [1.82, 2.24) is 10.3 Å². The number of benzene rings is 1. The monoisotopic (exact) mass is 304 g/mol. The maximum atomic E-state index is 5.42. The van der Waals surface area contributed by atoms with Crippen molar-refractivity contribution in [1.29, 1.82) is 0 Å². The highest BCUT2D eigenvalue weighted by atomic mass is 32.1. The Morgan fingerprint density at radius 1 is 1.29 bits per heavy atom. The normalized spacial score (nSPS) is 14.2. The van der Waals surface area contributed by atoms with Gasteiger partial charge in [0.1, 0.15) is 16.5 Å². The molecule has 1 aliphatic rings. The molecule has 1 fully saturated rings. The first kappa shape index (κ1) is 14.4. The molecule has 0 amide bonds. The van der Waals surface area contributed by atoms with Crippen LogP contribution in [0.25, 0.3) is 11.3 Å². The van der Waals surface area contributed by atoms with Gasteiger partial charge in [-0.3, -0.25) is 0 Å². The molecule has 1 aromatic carbocycles. The summed E-state index contributed by atoms with van der Waals surface area (Å²) in [5, 5.41) is 6.65. The third kappa shape index (κ3) is 3.54. The van der Waals surface area contributed by atoms with Gasteiger partial charge >= 0.3 is 0 Å². The maximum Gasteiger partial charge on any atom is 0.128 e. The number of methoxy groups -OCH3 is 2. The molecule has 1 saturated carbocycles. The van der Waals surface area contributed by atoms with Crippen LogP contribution in [0.1, 0.15) is 17.8 Å². The van der Waals surface area contributed by atoms with Gasteiger partial charge < -0.3 is 14.8 Å². The van der Waals surface area contributed by atoms with Crippen molar-refractivity contribution in [2.24, 2.45) is 5.92 Å². The number of ether oxygens (including phenoxy) is 2. The Morgan fingerprint density at radius 2 is 2.14 bits per heavy atom. The van der Waals surface area contributed by atoms with E-state index in [-0.39, 0.29) is 0 Å². The Kier molecular flexibility index (Phi) is 4.41. The second kappa shape index (κ2) is 6.45. The van der Waals surface area contributed by atoms with Gasteiger partial charge in [-0.25, -0.2) is 4.98 Å². The van der Waals surface area contributed by atoms with Crippen LogP contribution in [0.15, 0.2) is 23.6 Å². The van der Waals surface area contributed by atoms with E-state index < -0.39 is 0 Å². The van der Waals surface area contributed by atoms with Crippen LogP contribution >= 0.6 is 11.3 Å². The highest BCUT2D eigenvalue weighted by Crippen LogP contribution is 2.34. The van der Waals surface area contributed by atoms with Crippen LogP contribution in [-0.4, -0.2) is 25.7 Å². The van der Waals surface area contributed by atoms with Crippen molar-refractivity contribution in [3.8, 4) is 22.8 Å². The van der Waals surface area contributed by atoms with E-state index in [2.05, 4.69) is 10.7 Å². The van der Waals surface area contributed by atoms with Crippen molar-refractivity contribution >= 4 is 11.3 Å². The maximum absolute atomic E-state index is 5.42. The predicted octanol–water partition coefficient (Wildman–Crippen LogP) is 3.33. The van der Waals surface area contributed by atoms with E-state index in [9.17, 15) is 0 Å². The molecule has 5 heteroatoms. The Balaban J connectivity index is 1.74. The molecule has 1 N–H and O–H groups in total. The summed E-state index contributed by atoms with van der Waals surface area (Å²) in [5.74, 6) is 2.52. The lowest BCUT2D eigenvalue weighted by atomic mass is 10.1. The zero-order valence-electron chi connectivity index (χ0n) is 12.4. The average Bonchev–Trinajstić information content (AvgIpc) is 3.22. The molecule has 21 heavy (non-hydrogen) atoms. The molecule has 1 aliphatic carbocycles. The molecular weight excluding hydrogens is 284 g/mol. The fourth-order valence-corrected chi connectivity index (χ4v) is 3.00. The van der Waals surface area contributed by atoms with Gasteiger partial charge in [-0.15, -0.1) is 11.3 Å². The number of thiazole rings is 1. The SMILES string of the molecule is COc1ccc(OC)c(-c2csc(CNCC3CC3)n2)c1. The lowest BCUT2D eigenvalue weighted by molar-refractivity contribution is 0.404. The minimum absolute atomic E-state index is 0.812. The lowest BCUT2D eigenvalue weighted by Crippen LogP contribution is -2.15. The predicted molar refractivity (Wildman–Crippen MR) is 85.1 cm³/mol. The summed E-state index contributed by atoms with van der Waals surface area (Å²) in [6, 6.07) is 5.78. The lowest BCUT2D eigenvalue weighted by Gasteiger charge is -2.08. The van der Waals surface area contributed by atoms with Gasteiger partial charge in [0.05, 0.1) is 19.9 Å². The Bertz CT molecular complexity index is 608. The summed E-state index contributed by atoms with van der Waals surface area (Å²) < 4.78 is 10.7. The van der Waals surface area contributed by atoms with Crippen LogP contribution in [0.2, 0.25) is 0 Å². The van der Waals surface area contributed by atoms with E-state index in [4.69, 9.17) is 14.5 Å². The summed E-state index contributed by atoms with van der Waals surface area (Å²) >= 11 is 1.68. The molecule has 1 heterocycles. The fourth-order valence-electron chi connectivity index (χ4n) is 2.24. The van der Waals surface area contributed by atoms with E-state index in [1.807, 2.05) is 18.2 Å². The van der Waals surface area contributed by atoms with E-state index in [1.165, 1.54) is 12.8 Å². The number of hydrogen-bond acceptors (Lipinski definition) is 5. The summed E-state index contributed by atoms with van der Waals surface area (Å²) in [4.78, 5) is 4.70. The number of nitrogens with zero attached hydrogens (tertiary/aromatic N) is 1. The van der Waals surface area contributed by atoms with Gasteiger partial charge in [-0.1, -0.05) is 0 Å². The first-order valence-electron chi connectivity index (χ1n) is 7.17. The second-order valence-electron chi connectivity index (χ2n) is 5.27. The number of hydrogen-bond donors (Lipinski definition) is 1. The van der Waals surface area contributed by atoms with E-state index in [0.29, 0.717) is 0 Å². The van der Waals surface area contributed by atoms with Gasteiger partial charge in [0, 0.05) is 17.5 Å². The van der Waals surface area contributed by atoms with Crippen LogP contribution in [-0.2, 0) is 6.54 Å². The average molecular weight is 304 g/mol. The molecule has 0 atom stereocenters. The van der Waals surface area contributed by atoms with Crippen molar-refractivity contribution in [3.63, 3.8) is 0 Å². The fraction of sp³-hybridized carbons (Fsp3) is 0.438. The van der Waals surface area contributed by atoms with Crippen LogP contribution < -0.4 is 14.8 Å². The molecule has 3 rings (SSSR count). The van der Waals surface area contributed by atoms with Crippen LogP contribution in [0, 0.1) is 5.92 Å². The van der Waals surface area contributed by atoms with Crippen molar-refractivity contribution in [3.05, 3.63) is 28.6 Å². The first-order chi connectivity index (χ1) is 10.3. The Morgan fingerprint density at radius 3 is 2.86 bits per heavy atom. The zero-order chi connectivity index (χ0) is 14.7. The third-order valence-electron chi connectivity index (χ3n) is 3.64. The quantitative estimate of drug-likeness (QED) is 0.852. The highest BCUT2D eigenvalue weighted by molar-refractivity contribution is 7.09. The molecule has 0 bridgehead atoms. The Hall–Kier alpha value is -1.59. The largest absolute Gasteiger partial charge is 0.497 e. The van der Waals surface area contributed by atoms with E-state index in [1.54, 1.807) is 25.6 Å². The van der Waals surface area contributed by atoms with Crippen LogP contribution in [0.3, 0.4) is 0 Å². The molecule has 0 unspecified atom stereocenters. The zero-order valence-corrected chi connectivity index (χ0v) is 13.2. The topological polar surface area (TPSA) is 43.4 Å². The standard InChI is InChI=1S/C16H20N2O2S/c1-19-12-5-6-15(20-2)13(7-12)14-10-21-16(18-14)9-17-8-11-3-4-11/h5-7,10-11,17H,3-4,8-9H2,1-2H3. The molecular formula is C16H20N2O2S. The minimum atomic E-state index is 0.812. The number of aromatic nitrogens is 1. The van der Waals surface area contributed by atoms with Gasteiger partial charge in [0.25, 0.3) is 0 Å². The van der Waals surface area contributed by atoms with E-state index >= 15 is 0 Å². The molecule has 0 radical (unpaired) electrons. The highest BCUT2D eigenvalue weighted by Gasteiger charge is 2.20. The molecule has 0 spiro atoms. The minimum Gasteiger partial charge on any atom is -0.497 e. The number of nitrogens with one attached hydrogen (secondary N) is 1. The smallest absolute Gasteiger partial charge is 0.128 e. The van der Waals surface area contributed by atoms with Gasteiger partial charge in [0.15, 0.2) is 0 Å². The number of rotatable bonds is 7. The van der Waals surface area contributed by atoms with Crippen LogP contribution in [0.4, 0.5) is 0 Å². The van der Waals surface area contributed by atoms with Crippen molar-refractivity contribution in [2.45, 2.75) is 19.4 Å². The molecule has 4 nitrogen and oxygen atoms in total. The van der Waals surface area contributed by atoms with Crippen LogP contribution in [0.5, 0.6) is 11.5 Å². The summed E-state index contributed by atoms with van der Waals surface area (Å²) in [7, 11) is 3.34. The van der Waals surface area contributed by atoms with Gasteiger partial charge in [0.2, 0.25) is 0 Å². The molecule has 0 aliphatic heterocycles. The second-order valence-corrected chi connectivity index (χ2v) is 6.21. The van der Waals surface area contributed by atoms with Crippen molar-refractivity contribution < 1.29 is 9.47 Å².